The van der Waals surface area contributed by atoms with Crippen LogP contribution in [0.3, 0.4) is 0 Å². The molecule has 2 rings (SSSR count). The summed E-state index contributed by atoms with van der Waals surface area (Å²) in [4.78, 5) is 4.37. The molecule has 3 nitrogen and oxygen atoms in total. The van der Waals surface area contributed by atoms with Gasteiger partial charge in [-0.25, -0.2) is 4.98 Å². The molecule has 0 amide bonds. The van der Waals surface area contributed by atoms with Gasteiger partial charge in [0.2, 0.25) is 0 Å². The van der Waals surface area contributed by atoms with Crippen LogP contribution in [0.15, 0.2) is 35.2 Å². The molecule has 18 heavy (non-hydrogen) atoms. The van der Waals surface area contributed by atoms with Crippen LogP contribution < -0.4 is 4.74 Å². The molecule has 0 aliphatic heterocycles. The molecule has 4 heteroatoms. The van der Waals surface area contributed by atoms with Gasteiger partial charge in [-0.15, -0.1) is 0 Å². The number of aryl methyl sites for hydroxylation is 1. The molecule has 0 saturated heterocycles. The maximum Gasteiger partial charge on any atom is 0.119 e. The number of aromatic nitrogens is 2. The molecule has 1 heterocycles. The first-order chi connectivity index (χ1) is 8.56. The Labute approximate surface area is 116 Å². The molecule has 0 N–H and O–H groups in total. The van der Waals surface area contributed by atoms with E-state index in [1.807, 2.05) is 43.9 Å². The third-order valence-corrected chi connectivity index (χ3v) is 3.62. The quantitative estimate of drug-likeness (QED) is 0.863. The summed E-state index contributed by atoms with van der Waals surface area (Å²) in [6.07, 6.45) is 2.85. The van der Waals surface area contributed by atoms with Crippen LogP contribution in [-0.2, 0) is 13.5 Å². The van der Waals surface area contributed by atoms with Crippen LogP contribution in [0.4, 0.5) is 0 Å². The van der Waals surface area contributed by atoms with Crippen molar-refractivity contribution in [2.24, 2.45) is 7.05 Å². The molecule has 1 aromatic heterocycles. The van der Waals surface area contributed by atoms with E-state index in [4.69, 9.17) is 4.74 Å². The smallest absolute Gasteiger partial charge is 0.119 e. The number of hydrogen-bond acceptors (Lipinski definition) is 2. The van der Waals surface area contributed by atoms with Crippen LogP contribution >= 0.6 is 15.9 Å². The average molecular weight is 309 g/mol. The van der Waals surface area contributed by atoms with Crippen molar-refractivity contribution < 1.29 is 4.74 Å². The molecule has 0 saturated carbocycles. The van der Waals surface area contributed by atoms with E-state index < -0.39 is 0 Å². The molecule has 0 aliphatic rings. The highest BCUT2D eigenvalue weighted by Gasteiger charge is 2.06. The summed E-state index contributed by atoms with van der Waals surface area (Å²) in [5, 5.41) is 0. The molecule has 96 valence electrons. The third-order valence-electron chi connectivity index (χ3n) is 2.60. The van der Waals surface area contributed by atoms with Gasteiger partial charge < -0.3 is 9.30 Å². The lowest BCUT2D eigenvalue weighted by molar-refractivity contribution is 0.242. The van der Waals surface area contributed by atoms with Crippen molar-refractivity contribution in [3.05, 3.63) is 46.5 Å². The average Bonchev–Trinajstić information content (AvgIpc) is 2.63. The number of nitrogens with zero attached hydrogens (tertiary/aromatic N) is 2. The second-order valence-electron chi connectivity index (χ2n) is 4.58. The van der Waals surface area contributed by atoms with Gasteiger partial charge in [0.15, 0.2) is 0 Å². The molecular weight excluding hydrogens is 292 g/mol. The highest BCUT2D eigenvalue weighted by Crippen LogP contribution is 2.20. The van der Waals surface area contributed by atoms with Crippen LogP contribution in [0.2, 0.25) is 0 Å². The summed E-state index contributed by atoms with van der Waals surface area (Å²) < 4.78 is 8.61. The first-order valence-electron chi connectivity index (χ1n) is 5.97. The Morgan fingerprint density at radius 3 is 2.44 bits per heavy atom. The fraction of sp³-hybridized carbons (Fsp3) is 0.357. The van der Waals surface area contributed by atoms with Gasteiger partial charge in [0.1, 0.15) is 10.4 Å². The molecule has 0 unspecified atom stereocenters. The zero-order chi connectivity index (χ0) is 13.1. The number of rotatable bonds is 4. The van der Waals surface area contributed by atoms with Gasteiger partial charge >= 0.3 is 0 Å². The molecule has 1 aromatic carbocycles. The second kappa shape index (κ2) is 5.57. The standard InChI is InChI=1S/C14H17BrN2O/c1-10(2)18-12-6-4-11(5-7-12)8-13-14(15)17(3)9-16-13/h4-7,9-10H,8H2,1-3H3. The molecule has 0 aliphatic carbocycles. The Morgan fingerprint density at radius 2 is 1.94 bits per heavy atom. The fourth-order valence-corrected chi connectivity index (χ4v) is 2.07. The fourth-order valence-electron chi connectivity index (χ4n) is 1.73. The van der Waals surface area contributed by atoms with Gasteiger partial charge in [-0.2, -0.15) is 0 Å². The SMILES string of the molecule is CC(C)Oc1ccc(Cc2ncn(C)c2Br)cc1. The number of hydrogen-bond donors (Lipinski definition) is 0. The Bertz CT molecular complexity index is 517. The lowest BCUT2D eigenvalue weighted by atomic mass is 10.1. The predicted octanol–water partition coefficient (Wildman–Crippen LogP) is 3.56. The number of imidazole rings is 1. The molecular formula is C14H17BrN2O. The minimum absolute atomic E-state index is 0.209. The normalized spacial score (nSPS) is 10.9. The molecule has 0 radical (unpaired) electrons. The first-order valence-corrected chi connectivity index (χ1v) is 6.77. The van der Waals surface area contributed by atoms with Crippen LogP contribution in [-0.4, -0.2) is 15.7 Å². The van der Waals surface area contributed by atoms with Gasteiger partial charge in [-0.05, 0) is 47.5 Å². The van der Waals surface area contributed by atoms with Crippen LogP contribution in [0.1, 0.15) is 25.1 Å². The Morgan fingerprint density at radius 1 is 1.28 bits per heavy atom. The van der Waals surface area contributed by atoms with Gasteiger partial charge in [0.25, 0.3) is 0 Å². The van der Waals surface area contributed by atoms with E-state index in [0.29, 0.717) is 0 Å². The molecule has 2 aromatic rings. The summed E-state index contributed by atoms with van der Waals surface area (Å²) in [6, 6.07) is 8.18. The number of ether oxygens (including phenoxy) is 1. The monoisotopic (exact) mass is 308 g/mol. The molecule has 0 atom stereocenters. The predicted molar refractivity (Wildman–Crippen MR) is 75.9 cm³/mol. The third kappa shape index (κ3) is 3.13. The molecule has 0 fully saturated rings. The van der Waals surface area contributed by atoms with Crippen molar-refractivity contribution >= 4 is 15.9 Å². The van der Waals surface area contributed by atoms with E-state index in [9.17, 15) is 0 Å². The summed E-state index contributed by atoms with van der Waals surface area (Å²) in [6.45, 7) is 4.05. The van der Waals surface area contributed by atoms with Crippen LogP contribution in [0.5, 0.6) is 5.75 Å². The minimum Gasteiger partial charge on any atom is -0.491 e. The maximum atomic E-state index is 5.62. The highest BCUT2D eigenvalue weighted by molar-refractivity contribution is 9.10. The Balaban J connectivity index is 2.08. The lowest BCUT2D eigenvalue weighted by Gasteiger charge is -2.09. The van der Waals surface area contributed by atoms with Crippen molar-refractivity contribution in [1.29, 1.82) is 0 Å². The summed E-state index contributed by atoms with van der Waals surface area (Å²) >= 11 is 3.53. The van der Waals surface area contributed by atoms with Gasteiger partial charge in [0, 0.05) is 13.5 Å². The first kappa shape index (κ1) is 13.1. The largest absolute Gasteiger partial charge is 0.491 e. The Hall–Kier alpha value is -1.29. The van der Waals surface area contributed by atoms with E-state index in [2.05, 4.69) is 33.0 Å². The van der Waals surface area contributed by atoms with Crippen LogP contribution in [0, 0.1) is 0 Å². The second-order valence-corrected chi connectivity index (χ2v) is 5.33. The van der Waals surface area contributed by atoms with Crippen molar-refractivity contribution in [3.63, 3.8) is 0 Å². The minimum atomic E-state index is 0.209. The Kier molecular flexibility index (Phi) is 4.07. The number of halogens is 1. The molecule has 0 bridgehead atoms. The zero-order valence-electron chi connectivity index (χ0n) is 10.9. The maximum absolute atomic E-state index is 5.62. The van der Waals surface area contributed by atoms with E-state index in [1.165, 1.54) is 5.56 Å². The topological polar surface area (TPSA) is 27.1 Å². The zero-order valence-corrected chi connectivity index (χ0v) is 12.4. The van der Waals surface area contributed by atoms with E-state index in [0.717, 1.165) is 22.5 Å². The van der Waals surface area contributed by atoms with Crippen molar-refractivity contribution in [3.8, 4) is 5.75 Å². The summed E-state index contributed by atoms with van der Waals surface area (Å²) in [5.41, 5.74) is 2.28. The van der Waals surface area contributed by atoms with E-state index in [-0.39, 0.29) is 6.10 Å². The van der Waals surface area contributed by atoms with Crippen molar-refractivity contribution in [2.75, 3.05) is 0 Å². The van der Waals surface area contributed by atoms with Gasteiger partial charge in [-0.3, -0.25) is 0 Å². The van der Waals surface area contributed by atoms with Gasteiger partial charge in [0.05, 0.1) is 18.1 Å². The summed E-state index contributed by atoms with van der Waals surface area (Å²) in [7, 11) is 1.97. The van der Waals surface area contributed by atoms with Gasteiger partial charge in [-0.1, -0.05) is 12.1 Å². The number of benzene rings is 1. The lowest BCUT2D eigenvalue weighted by Crippen LogP contribution is -2.05. The van der Waals surface area contributed by atoms with E-state index in [1.54, 1.807) is 0 Å². The van der Waals surface area contributed by atoms with Crippen molar-refractivity contribution in [2.45, 2.75) is 26.4 Å². The molecule has 0 spiro atoms. The van der Waals surface area contributed by atoms with Crippen LogP contribution in [0.25, 0.3) is 0 Å². The summed E-state index contributed by atoms with van der Waals surface area (Å²) in [5.74, 6) is 0.911. The van der Waals surface area contributed by atoms with Crippen molar-refractivity contribution in [1.82, 2.24) is 9.55 Å². The van der Waals surface area contributed by atoms with E-state index >= 15 is 0 Å². The highest BCUT2D eigenvalue weighted by atomic mass is 79.9.